The van der Waals surface area contributed by atoms with Gasteiger partial charge in [-0.25, -0.2) is 4.39 Å². The smallest absolute Gasteiger partial charge is 0.307 e. The van der Waals surface area contributed by atoms with Gasteiger partial charge in [-0.1, -0.05) is 12.1 Å². The van der Waals surface area contributed by atoms with Crippen molar-refractivity contribution in [3.63, 3.8) is 0 Å². The summed E-state index contributed by atoms with van der Waals surface area (Å²) in [5.74, 6) is -3.86. The molecule has 2 aromatic carbocycles. The minimum absolute atomic E-state index is 0.000612. The quantitative estimate of drug-likeness (QED) is 0.517. The number of anilines is 1. The molecule has 0 spiro atoms. The summed E-state index contributed by atoms with van der Waals surface area (Å²) < 4.78 is 27.1. The highest BCUT2D eigenvalue weighted by molar-refractivity contribution is 6.05. The van der Waals surface area contributed by atoms with Crippen LogP contribution < -0.4 is 5.32 Å². The van der Waals surface area contributed by atoms with Gasteiger partial charge >= 0.3 is 5.69 Å². The van der Waals surface area contributed by atoms with E-state index in [-0.39, 0.29) is 11.4 Å². The lowest BCUT2D eigenvalue weighted by atomic mass is 10.1. The number of hydrogen-bond donors (Lipinski definition) is 2. The standard InChI is InChI=1S/C13H8F2N2O4/c14-8-6-11(17(20)21)9(15)5-7(8)13(19)16-10-3-1-2-4-12(10)18/h1-6,18H,(H,16,19). The molecule has 0 unspecified atom stereocenters. The summed E-state index contributed by atoms with van der Waals surface area (Å²) in [5.41, 5.74) is -1.77. The molecular weight excluding hydrogens is 286 g/mol. The molecule has 108 valence electrons. The molecule has 1 amide bonds. The van der Waals surface area contributed by atoms with E-state index in [1.807, 2.05) is 0 Å². The minimum atomic E-state index is -1.33. The molecule has 0 atom stereocenters. The second-order valence-electron chi connectivity index (χ2n) is 4.01. The average molecular weight is 294 g/mol. The molecule has 0 bridgehead atoms. The van der Waals surface area contributed by atoms with Crippen LogP contribution in [0.15, 0.2) is 36.4 Å². The Balaban J connectivity index is 2.34. The lowest BCUT2D eigenvalue weighted by Crippen LogP contribution is -2.14. The maximum atomic E-state index is 13.6. The molecule has 2 aromatic rings. The van der Waals surface area contributed by atoms with Gasteiger partial charge in [0.2, 0.25) is 5.82 Å². The number of rotatable bonds is 3. The van der Waals surface area contributed by atoms with Gasteiger partial charge in [-0.15, -0.1) is 0 Å². The first-order valence-electron chi connectivity index (χ1n) is 5.63. The van der Waals surface area contributed by atoms with Gasteiger partial charge in [-0.2, -0.15) is 4.39 Å². The van der Waals surface area contributed by atoms with E-state index in [0.717, 1.165) is 0 Å². The SMILES string of the molecule is O=C(Nc1ccccc1O)c1cc(F)c([N+](=O)[O-])cc1F. The van der Waals surface area contributed by atoms with Crippen LogP contribution in [0.4, 0.5) is 20.2 Å². The molecule has 0 heterocycles. The lowest BCUT2D eigenvalue weighted by molar-refractivity contribution is -0.387. The molecular formula is C13H8F2N2O4. The van der Waals surface area contributed by atoms with E-state index in [0.29, 0.717) is 12.1 Å². The van der Waals surface area contributed by atoms with Gasteiger partial charge in [0.05, 0.1) is 22.2 Å². The zero-order valence-corrected chi connectivity index (χ0v) is 10.3. The predicted octanol–water partition coefficient (Wildman–Crippen LogP) is 2.83. The van der Waals surface area contributed by atoms with E-state index in [9.17, 15) is 28.8 Å². The van der Waals surface area contributed by atoms with E-state index in [1.165, 1.54) is 24.3 Å². The first-order chi connectivity index (χ1) is 9.90. The number of benzene rings is 2. The number of phenols is 1. The average Bonchev–Trinajstić information content (AvgIpc) is 2.43. The third-order valence-corrected chi connectivity index (χ3v) is 2.63. The summed E-state index contributed by atoms with van der Waals surface area (Å²) >= 11 is 0. The first-order valence-corrected chi connectivity index (χ1v) is 5.63. The number of carbonyl (C=O) groups excluding carboxylic acids is 1. The number of amides is 1. The predicted molar refractivity (Wildman–Crippen MR) is 69.1 cm³/mol. The summed E-state index contributed by atoms with van der Waals surface area (Å²) in [4.78, 5) is 21.2. The number of aromatic hydroxyl groups is 1. The molecule has 2 N–H and O–H groups in total. The van der Waals surface area contributed by atoms with E-state index >= 15 is 0 Å². The first kappa shape index (κ1) is 14.4. The highest BCUT2D eigenvalue weighted by Crippen LogP contribution is 2.25. The number of nitrogens with one attached hydrogen (secondary N) is 1. The molecule has 0 radical (unpaired) electrons. The van der Waals surface area contributed by atoms with Gasteiger partial charge in [-0.05, 0) is 18.2 Å². The third-order valence-electron chi connectivity index (χ3n) is 2.63. The molecule has 0 saturated carbocycles. The Morgan fingerprint density at radius 2 is 1.86 bits per heavy atom. The summed E-state index contributed by atoms with van der Waals surface area (Å²) in [7, 11) is 0. The molecule has 0 fully saturated rings. The summed E-state index contributed by atoms with van der Waals surface area (Å²) in [6, 6.07) is 6.44. The van der Waals surface area contributed by atoms with E-state index in [2.05, 4.69) is 5.32 Å². The fourth-order valence-corrected chi connectivity index (χ4v) is 1.62. The zero-order chi connectivity index (χ0) is 15.6. The lowest BCUT2D eigenvalue weighted by Gasteiger charge is -2.08. The molecule has 6 nitrogen and oxygen atoms in total. The van der Waals surface area contributed by atoms with Crippen molar-refractivity contribution in [3.05, 3.63) is 63.7 Å². The van der Waals surface area contributed by atoms with Crippen molar-refractivity contribution in [1.82, 2.24) is 0 Å². The molecule has 0 aliphatic rings. The van der Waals surface area contributed by atoms with Crippen molar-refractivity contribution in [2.45, 2.75) is 0 Å². The fraction of sp³-hybridized carbons (Fsp3) is 0. The van der Waals surface area contributed by atoms with Crippen molar-refractivity contribution in [3.8, 4) is 5.75 Å². The monoisotopic (exact) mass is 294 g/mol. The van der Waals surface area contributed by atoms with Crippen molar-refractivity contribution >= 4 is 17.3 Å². The number of nitrogens with zero attached hydrogens (tertiary/aromatic N) is 1. The minimum Gasteiger partial charge on any atom is -0.506 e. The Kier molecular flexibility index (Phi) is 3.79. The fourth-order valence-electron chi connectivity index (χ4n) is 1.62. The van der Waals surface area contributed by atoms with Crippen molar-refractivity contribution in [1.29, 1.82) is 0 Å². The second-order valence-corrected chi connectivity index (χ2v) is 4.01. The Hall–Kier alpha value is -3.03. The number of nitro groups is 1. The Morgan fingerprint density at radius 1 is 1.19 bits per heavy atom. The van der Waals surface area contributed by atoms with Crippen LogP contribution in [-0.2, 0) is 0 Å². The van der Waals surface area contributed by atoms with Crippen LogP contribution in [0.5, 0.6) is 5.75 Å². The van der Waals surface area contributed by atoms with Crippen molar-refractivity contribution in [2.24, 2.45) is 0 Å². The van der Waals surface area contributed by atoms with E-state index < -0.39 is 33.7 Å². The number of phenolic OH excluding ortho intramolecular Hbond substituents is 1. The zero-order valence-electron chi connectivity index (χ0n) is 10.3. The molecule has 0 aliphatic heterocycles. The van der Waals surface area contributed by atoms with Crippen LogP contribution in [-0.4, -0.2) is 15.9 Å². The largest absolute Gasteiger partial charge is 0.506 e. The van der Waals surface area contributed by atoms with Crippen LogP contribution in [0.3, 0.4) is 0 Å². The van der Waals surface area contributed by atoms with Gasteiger partial charge in [0.25, 0.3) is 5.91 Å². The Morgan fingerprint density at radius 3 is 2.48 bits per heavy atom. The van der Waals surface area contributed by atoms with Gasteiger partial charge < -0.3 is 10.4 Å². The van der Waals surface area contributed by atoms with Crippen molar-refractivity contribution < 1.29 is 23.6 Å². The second kappa shape index (κ2) is 5.53. The van der Waals surface area contributed by atoms with Crippen LogP contribution >= 0.6 is 0 Å². The van der Waals surface area contributed by atoms with Crippen LogP contribution in [0.25, 0.3) is 0 Å². The Bertz CT molecular complexity index is 734. The number of para-hydroxylation sites is 2. The van der Waals surface area contributed by atoms with Crippen LogP contribution in [0.2, 0.25) is 0 Å². The van der Waals surface area contributed by atoms with Crippen LogP contribution in [0, 0.1) is 21.7 Å². The maximum Gasteiger partial charge on any atom is 0.307 e. The normalized spacial score (nSPS) is 10.2. The summed E-state index contributed by atoms with van der Waals surface area (Å²) in [5, 5.41) is 22.1. The molecule has 21 heavy (non-hydrogen) atoms. The maximum absolute atomic E-state index is 13.6. The highest BCUT2D eigenvalue weighted by Gasteiger charge is 2.22. The van der Waals surface area contributed by atoms with E-state index in [1.54, 1.807) is 0 Å². The molecule has 8 heteroatoms. The highest BCUT2D eigenvalue weighted by atomic mass is 19.1. The topological polar surface area (TPSA) is 92.5 Å². The van der Waals surface area contributed by atoms with Gasteiger partial charge in [0.1, 0.15) is 11.6 Å². The third kappa shape index (κ3) is 2.94. The summed E-state index contributed by atoms with van der Waals surface area (Å²) in [6.07, 6.45) is 0. The van der Waals surface area contributed by atoms with Gasteiger partial charge in [0, 0.05) is 0 Å². The number of carbonyl (C=O) groups is 1. The Labute approximate surface area is 116 Å². The van der Waals surface area contributed by atoms with Gasteiger partial charge in [-0.3, -0.25) is 14.9 Å². The van der Waals surface area contributed by atoms with Gasteiger partial charge in [0.15, 0.2) is 0 Å². The van der Waals surface area contributed by atoms with E-state index in [4.69, 9.17) is 0 Å². The number of halogens is 2. The molecule has 0 aromatic heterocycles. The number of hydrogen-bond acceptors (Lipinski definition) is 4. The molecule has 0 aliphatic carbocycles. The number of nitro benzene ring substituents is 1. The summed E-state index contributed by atoms with van der Waals surface area (Å²) in [6.45, 7) is 0. The molecule has 2 rings (SSSR count). The molecule has 0 saturated heterocycles. The van der Waals surface area contributed by atoms with Crippen molar-refractivity contribution in [2.75, 3.05) is 5.32 Å². The van der Waals surface area contributed by atoms with Crippen LogP contribution in [0.1, 0.15) is 10.4 Å².